The molecule has 0 aliphatic rings. The molecule has 0 spiro atoms. The van der Waals surface area contributed by atoms with Crippen LogP contribution in [0.4, 0.5) is 0 Å². The number of aryl methyl sites for hydroxylation is 2. The summed E-state index contributed by atoms with van der Waals surface area (Å²) >= 11 is 0. The third kappa shape index (κ3) is 5.47. The number of carboxylic acids is 1. The van der Waals surface area contributed by atoms with Gasteiger partial charge in [0, 0.05) is 22.6 Å². The molecule has 9 nitrogen and oxygen atoms in total. The van der Waals surface area contributed by atoms with Crippen LogP contribution in [0, 0.1) is 13.8 Å². The molecule has 0 saturated carbocycles. The second kappa shape index (κ2) is 10.6. The second-order valence-corrected chi connectivity index (χ2v) is 7.97. The normalized spacial score (nSPS) is 11.0. The Kier molecular flexibility index (Phi) is 7.20. The fourth-order valence-electron chi connectivity index (χ4n) is 3.69. The molecule has 0 bridgehead atoms. The molecule has 4 aromatic rings. The van der Waals surface area contributed by atoms with Gasteiger partial charge in [-0.05, 0) is 80.1 Å². The van der Waals surface area contributed by atoms with Crippen LogP contribution >= 0.6 is 0 Å². The Morgan fingerprint density at radius 3 is 2.50 bits per heavy atom. The predicted octanol–water partition coefficient (Wildman–Crippen LogP) is 4.74. The molecule has 0 radical (unpaired) electrons. The highest BCUT2D eigenvalue weighted by Gasteiger charge is 2.12. The first-order chi connectivity index (χ1) is 17.4. The molecule has 2 heterocycles. The van der Waals surface area contributed by atoms with Gasteiger partial charge in [-0.2, -0.15) is 5.10 Å². The molecule has 2 aromatic carbocycles. The molecular weight excluding hydrogens is 462 g/mol. The van der Waals surface area contributed by atoms with Gasteiger partial charge in [-0.15, -0.1) is 0 Å². The summed E-state index contributed by atoms with van der Waals surface area (Å²) in [5, 5.41) is 13.0. The monoisotopic (exact) mass is 487 g/mol. The average molecular weight is 488 g/mol. The molecule has 1 amide bonds. The Labute approximate surface area is 207 Å². The number of carbonyl (C=O) groups is 2. The number of aromatic nitrogens is 1. The predicted molar refractivity (Wildman–Crippen MR) is 133 cm³/mol. The van der Waals surface area contributed by atoms with Crippen LogP contribution in [-0.4, -0.2) is 34.9 Å². The van der Waals surface area contributed by atoms with Gasteiger partial charge >= 0.3 is 5.97 Å². The number of furan rings is 1. The largest absolute Gasteiger partial charge is 0.493 e. The maximum atomic E-state index is 12.6. The molecule has 9 heteroatoms. The number of carbonyl (C=O) groups excluding carboxylic acids is 1. The van der Waals surface area contributed by atoms with Crippen molar-refractivity contribution in [3.63, 3.8) is 0 Å². The van der Waals surface area contributed by atoms with E-state index >= 15 is 0 Å². The molecule has 0 unspecified atom stereocenters. The number of hydrogen-bond acceptors (Lipinski definition) is 6. The molecule has 0 aliphatic heterocycles. The lowest BCUT2D eigenvalue weighted by Gasteiger charge is -2.11. The minimum atomic E-state index is -1.15. The molecule has 2 N–H and O–H groups in total. The van der Waals surface area contributed by atoms with E-state index in [1.54, 1.807) is 24.3 Å². The van der Waals surface area contributed by atoms with Gasteiger partial charge in [0.1, 0.15) is 12.4 Å². The van der Waals surface area contributed by atoms with Crippen molar-refractivity contribution in [3.8, 4) is 17.2 Å². The van der Waals surface area contributed by atoms with Gasteiger partial charge in [0.2, 0.25) is 5.76 Å². The van der Waals surface area contributed by atoms with E-state index in [-0.39, 0.29) is 18.3 Å². The summed E-state index contributed by atoms with van der Waals surface area (Å²) in [5.41, 5.74) is 6.78. The fourth-order valence-corrected chi connectivity index (χ4v) is 3.69. The highest BCUT2D eigenvalue weighted by molar-refractivity contribution is 5.95. The third-order valence-electron chi connectivity index (χ3n) is 5.45. The summed E-state index contributed by atoms with van der Waals surface area (Å²) in [6.07, 6.45) is 1.50. The van der Waals surface area contributed by atoms with Crippen LogP contribution in [0.3, 0.4) is 0 Å². The summed E-state index contributed by atoms with van der Waals surface area (Å²) < 4.78 is 18.3. The van der Waals surface area contributed by atoms with E-state index < -0.39 is 5.97 Å². The first-order valence-electron chi connectivity index (χ1n) is 11.1. The number of nitrogens with zero attached hydrogens (tertiary/aromatic N) is 2. The van der Waals surface area contributed by atoms with Crippen molar-refractivity contribution in [2.75, 3.05) is 7.11 Å². The van der Waals surface area contributed by atoms with Crippen LogP contribution in [0.2, 0.25) is 0 Å². The van der Waals surface area contributed by atoms with Gasteiger partial charge in [-0.25, -0.2) is 10.2 Å². The summed E-state index contributed by atoms with van der Waals surface area (Å²) in [4.78, 5) is 23.6. The van der Waals surface area contributed by atoms with Crippen LogP contribution in [0.1, 0.15) is 43.6 Å². The van der Waals surface area contributed by atoms with Crippen LogP contribution in [0.15, 0.2) is 76.2 Å². The van der Waals surface area contributed by atoms with E-state index in [0.717, 1.165) is 17.1 Å². The number of hydrazone groups is 1. The molecular formula is C27H25N3O6. The lowest BCUT2D eigenvalue weighted by molar-refractivity contribution is 0.0657. The standard InChI is InChI=1S/C27H25N3O6/c1-17-7-8-18(2)30(17)21-6-4-5-20(14-21)26(31)29-28-15-19-9-11-23(25(13-19)34-3)35-16-22-10-12-24(36-22)27(32)33/h4-15H,16H2,1-3H3,(H,29,31)(H,32,33)/b28-15-. The topological polar surface area (TPSA) is 115 Å². The van der Waals surface area contributed by atoms with Crippen molar-refractivity contribution < 1.29 is 28.6 Å². The quantitative estimate of drug-likeness (QED) is 0.260. The van der Waals surface area contributed by atoms with Gasteiger partial charge in [0.25, 0.3) is 5.91 Å². The molecule has 0 fully saturated rings. The van der Waals surface area contributed by atoms with Crippen LogP contribution in [-0.2, 0) is 6.61 Å². The molecule has 4 rings (SSSR count). The van der Waals surface area contributed by atoms with Gasteiger partial charge < -0.3 is 23.6 Å². The Hall–Kier alpha value is -4.79. The maximum Gasteiger partial charge on any atom is 0.371 e. The summed E-state index contributed by atoms with van der Waals surface area (Å²) in [6, 6.07) is 19.4. The zero-order chi connectivity index (χ0) is 25.7. The van der Waals surface area contributed by atoms with Crippen LogP contribution < -0.4 is 14.9 Å². The average Bonchev–Trinajstić information content (AvgIpc) is 3.49. The molecule has 2 aromatic heterocycles. The SMILES string of the molecule is COc1cc(/C=N\NC(=O)c2cccc(-n3c(C)ccc3C)c2)ccc1OCc1ccc(C(=O)O)o1. The van der Waals surface area contributed by atoms with Crippen molar-refractivity contribution in [1.82, 2.24) is 9.99 Å². The minimum absolute atomic E-state index is 0.0360. The number of amides is 1. The van der Waals surface area contributed by atoms with Crippen LogP contribution in [0.25, 0.3) is 5.69 Å². The van der Waals surface area contributed by atoms with Crippen molar-refractivity contribution >= 4 is 18.1 Å². The number of benzene rings is 2. The van der Waals surface area contributed by atoms with Crippen molar-refractivity contribution in [1.29, 1.82) is 0 Å². The summed E-state index contributed by atoms with van der Waals surface area (Å²) in [5.74, 6) is -0.375. The zero-order valence-corrected chi connectivity index (χ0v) is 20.0. The number of hydrogen-bond donors (Lipinski definition) is 2. The first-order valence-corrected chi connectivity index (χ1v) is 11.1. The number of rotatable bonds is 9. The molecule has 0 atom stereocenters. The van der Waals surface area contributed by atoms with Gasteiger partial charge in [0.05, 0.1) is 13.3 Å². The van der Waals surface area contributed by atoms with E-state index in [1.165, 1.54) is 25.5 Å². The third-order valence-corrected chi connectivity index (χ3v) is 5.45. The summed E-state index contributed by atoms with van der Waals surface area (Å²) in [7, 11) is 1.50. The van der Waals surface area contributed by atoms with E-state index in [1.807, 2.05) is 44.2 Å². The van der Waals surface area contributed by atoms with E-state index in [9.17, 15) is 9.59 Å². The second-order valence-electron chi connectivity index (χ2n) is 7.97. The van der Waals surface area contributed by atoms with E-state index in [2.05, 4.69) is 15.1 Å². The number of ether oxygens (including phenoxy) is 2. The lowest BCUT2D eigenvalue weighted by Crippen LogP contribution is -2.18. The lowest BCUT2D eigenvalue weighted by atomic mass is 10.2. The molecule has 36 heavy (non-hydrogen) atoms. The number of methoxy groups -OCH3 is 1. The first kappa shape index (κ1) is 24.3. The van der Waals surface area contributed by atoms with Gasteiger partial charge in [-0.1, -0.05) is 6.07 Å². The number of carboxylic acid groups (broad SMARTS) is 1. The molecule has 184 valence electrons. The van der Waals surface area contributed by atoms with Gasteiger partial charge in [0.15, 0.2) is 11.5 Å². The molecule has 0 aliphatic carbocycles. The van der Waals surface area contributed by atoms with E-state index in [0.29, 0.717) is 28.4 Å². The van der Waals surface area contributed by atoms with Crippen molar-refractivity contribution in [2.45, 2.75) is 20.5 Å². The van der Waals surface area contributed by atoms with Gasteiger partial charge in [-0.3, -0.25) is 4.79 Å². The Morgan fingerprint density at radius 2 is 1.81 bits per heavy atom. The molecule has 0 saturated heterocycles. The fraction of sp³-hybridized carbons (Fsp3) is 0.148. The van der Waals surface area contributed by atoms with Crippen LogP contribution in [0.5, 0.6) is 11.5 Å². The van der Waals surface area contributed by atoms with Crippen molar-refractivity contribution in [3.05, 3.63) is 101 Å². The Morgan fingerprint density at radius 1 is 1.03 bits per heavy atom. The maximum absolute atomic E-state index is 12.6. The zero-order valence-electron chi connectivity index (χ0n) is 20.0. The smallest absolute Gasteiger partial charge is 0.371 e. The van der Waals surface area contributed by atoms with E-state index in [4.69, 9.17) is 19.0 Å². The number of aromatic carboxylic acids is 1. The minimum Gasteiger partial charge on any atom is -0.493 e. The van der Waals surface area contributed by atoms with Crippen molar-refractivity contribution in [2.24, 2.45) is 5.10 Å². The highest BCUT2D eigenvalue weighted by atomic mass is 16.5. The Bertz CT molecular complexity index is 1410. The highest BCUT2D eigenvalue weighted by Crippen LogP contribution is 2.28. The summed E-state index contributed by atoms with van der Waals surface area (Å²) in [6.45, 7) is 4.07. The Balaban J connectivity index is 1.40. The number of nitrogens with one attached hydrogen (secondary N) is 1.